The molecule has 1 aromatic carbocycles. The highest BCUT2D eigenvalue weighted by Crippen LogP contribution is 2.42. The van der Waals surface area contributed by atoms with Gasteiger partial charge in [-0.2, -0.15) is 20.0 Å². The minimum absolute atomic E-state index is 0.143. The number of rotatable bonds is 8. The fourth-order valence-electron chi connectivity index (χ4n) is 4.93. The standard InChI is InChI=1S/C26H27N7O4/c1-36-11-12-37-26(25(34)35)9-7-17(8-10-26)22-20(13-27)23(28)33-24(31-22)21(15-30-33)18-14-29-32(16-18)19-5-3-2-4-6-19/h2-6,14-17H,7-12,28H2,1H3,(H,34,35)/t17-,26-. The van der Waals surface area contributed by atoms with E-state index in [1.165, 1.54) is 4.52 Å². The lowest BCUT2D eigenvalue weighted by atomic mass is 9.76. The van der Waals surface area contributed by atoms with Crippen molar-refractivity contribution in [2.75, 3.05) is 26.1 Å². The molecule has 11 nitrogen and oxygen atoms in total. The van der Waals surface area contributed by atoms with Gasteiger partial charge in [-0.3, -0.25) is 0 Å². The third-order valence-electron chi connectivity index (χ3n) is 6.97. The largest absolute Gasteiger partial charge is 0.479 e. The highest BCUT2D eigenvalue weighted by molar-refractivity contribution is 5.79. The highest BCUT2D eigenvalue weighted by atomic mass is 16.5. The number of carbonyl (C=O) groups is 1. The molecule has 1 aliphatic carbocycles. The molecule has 0 unspecified atom stereocenters. The number of hydrogen-bond donors (Lipinski definition) is 2. The molecule has 0 bridgehead atoms. The molecule has 0 radical (unpaired) electrons. The Bertz CT molecular complexity index is 1460. The Morgan fingerprint density at radius 2 is 1.97 bits per heavy atom. The summed E-state index contributed by atoms with van der Waals surface area (Å²) in [7, 11) is 1.54. The molecule has 1 saturated carbocycles. The van der Waals surface area contributed by atoms with Gasteiger partial charge in [0.2, 0.25) is 0 Å². The maximum atomic E-state index is 12.1. The van der Waals surface area contributed by atoms with Gasteiger partial charge in [-0.25, -0.2) is 14.5 Å². The predicted molar refractivity (Wildman–Crippen MR) is 134 cm³/mol. The van der Waals surface area contributed by atoms with E-state index in [0.717, 1.165) is 16.8 Å². The van der Waals surface area contributed by atoms with Gasteiger partial charge in [-0.15, -0.1) is 0 Å². The zero-order valence-corrected chi connectivity index (χ0v) is 20.4. The third kappa shape index (κ3) is 4.41. The molecule has 3 heterocycles. The molecule has 0 atom stereocenters. The van der Waals surface area contributed by atoms with Crippen molar-refractivity contribution >= 4 is 17.4 Å². The maximum Gasteiger partial charge on any atom is 0.335 e. The lowest BCUT2D eigenvalue weighted by molar-refractivity contribution is -0.173. The number of aliphatic carboxylic acids is 1. The Balaban J connectivity index is 1.48. The summed E-state index contributed by atoms with van der Waals surface area (Å²) in [6.07, 6.45) is 6.86. The zero-order chi connectivity index (χ0) is 26.0. The minimum atomic E-state index is -1.27. The number of anilines is 1. The van der Waals surface area contributed by atoms with Crippen LogP contribution in [0.25, 0.3) is 22.5 Å². The van der Waals surface area contributed by atoms with Crippen molar-refractivity contribution in [3.05, 3.63) is 60.2 Å². The second-order valence-corrected chi connectivity index (χ2v) is 9.09. The highest BCUT2D eigenvalue weighted by Gasteiger charge is 2.44. The molecule has 3 aromatic heterocycles. The number of aromatic nitrogens is 5. The van der Waals surface area contributed by atoms with Crippen LogP contribution in [0.1, 0.15) is 42.9 Å². The summed E-state index contributed by atoms with van der Waals surface area (Å²) in [5.74, 6) is -0.926. The quantitative estimate of drug-likeness (QED) is 0.346. The van der Waals surface area contributed by atoms with Crippen LogP contribution in [0.2, 0.25) is 0 Å². The molecule has 0 aliphatic heterocycles. The number of nitriles is 1. The number of carboxylic acids is 1. The Kier molecular flexibility index (Phi) is 6.60. The predicted octanol–water partition coefficient (Wildman–Crippen LogP) is 3.18. The Hall–Kier alpha value is -4.27. The molecule has 1 fully saturated rings. The molecule has 0 saturated heterocycles. The molecule has 190 valence electrons. The SMILES string of the molecule is COCCO[C@]1(C(=O)O)CC[C@@H](c2nc3c(-c4cnn(-c5ccccc5)c4)cnn3c(N)c2C#N)CC1. The van der Waals surface area contributed by atoms with Crippen LogP contribution in [0, 0.1) is 11.3 Å². The molecular weight excluding hydrogens is 474 g/mol. The van der Waals surface area contributed by atoms with Gasteiger partial charge in [0.05, 0.1) is 37.0 Å². The number of nitrogens with two attached hydrogens (primary N) is 1. The van der Waals surface area contributed by atoms with Gasteiger partial charge in [0.25, 0.3) is 0 Å². The van der Waals surface area contributed by atoms with Gasteiger partial charge in [-0.05, 0) is 37.8 Å². The van der Waals surface area contributed by atoms with E-state index < -0.39 is 11.6 Å². The molecule has 3 N–H and O–H groups in total. The van der Waals surface area contributed by atoms with E-state index in [9.17, 15) is 15.2 Å². The van der Waals surface area contributed by atoms with Gasteiger partial charge < -0.3 is 20.3 Å². The van der Waals surface area contributed by atoms with Gasteiger partial charge in [0.15, 0.2) is 11.2 Å². The summed E-state index contributed by atoms with van der Waals surface area (Å²) in [5.41, 5.74) is 8.91. The monoisotopic (exact) mass is 501 g/mol. The van der Waals surface area contributed by atoms with E-state index in [-0.39, 0.29) is 23.9 Å². The number of carboxylic acid groups (broad SMARTS) is 1. The smallest absolute Gasteiger partial charge is 0.335 e. The average Bonchev–Trinajstić information content (AvgIpc) is 3.57. The number of hydrogen-bond acceptors (Lipinski definition) is 8. The second kappa shape index (κ2) is 10.0. The van der Waals surface area contributed by atoms with E-state index in [2.05, 4.69) is 16.3 Å². The summed E-state index contributed by atoms with van der Waals surface area (Å²) < 4.78 is 14.0. The zero-order valence-electron chi connectivity index (χ0n) is 20.4. The third-order valence-corrected chi connectivity index (χ3v) is 6.97. The number of ether oxygens (including phenoxy) is 2. The van der Waals surface area contributed by atoms with E-state index in [1.54, 1.807) is 24.2 Å². The Morgan fingerprint density at radius 3 is 2.65 bits per heavy atom. The topological polar surface area (TPSA) is 154 Å². The molecular formula is C26H27N7O4. The van der Waals surface area contributed by atoms with Crippen LogP contribution in [-0.2, 0) is 14.3 Å². The van der Waals surface area contributed by atoms with Crippen LogP contribution in [0.3, 0.4) is 0 Å². The molecule has 1 aliphatic rings. The number of fused-ring (bicyclic) bond motifs is 1. The maximum absolute atomic E-state index is 12.1. The van der Waals surface area contributed by atoms with E-state index in [0.29, 0.717) is 43.6 Å². The van der Waals surface area contributed by atoms with Crippen molar-refractivity contribution in [3.8, 4) is 22.9 Å². The van der Waals surface area contributed by atoms with Crippen LogP contribution >= 0.6 is 0 Å². The van der Waals surface area contributed by atoms with Crippen LogP contribution in [-0.4, -0.2) is 61.4 Å². The second-order valence-electron chi connectivity index (χ2n) is 9.09. The van der Waals surface area contributed by atoms with E-state index in [1.807, 2.05) is 36.5 Å². The number of methoxy groups -OCH3 is 1. The van der Waals surface area contributed by atoms with Crippen molar-refractivity contribution < 1.29 is 19.4 Å². The molecule has 37 heavy (non-hydrogen) atoms. The lowest BCUT2D eigenvalue weighted by Gasteiger charge is -2.36. The van der Waals surface area contributed by atoms with Gasteiger partial charge in [0, 0.05) is 30.4 Å². The first-order chi connectivity index (χ1) is 18.0. The number of para-hydroxylation sites is 1. The Morgan fingerprint density at radius 1 is 1.22 bits per heavy atom. The molecule has 0 amide bonds. The molecule has 0 spiro atoms. The molecule has 5 rings (SSSR count). The van der Waals surface area contributed by atoms with Gasteiger partial charge in [-0.1, -0.05) is 18.2 Å². The summed E-state index contributed by atoms with van der Waals surface area (Å²) >= 11 is 0. The number of benzene rings is 1. The van der Waals surface area contributed by atoms with Crippen LogP contribution in [0.5, 0.6) is 0 Å². The van der Waals surface area contributed by atoms with E-state index in [4.69, 9.17) is 20.2 Å². The average molecular weight is 502 g/mol. The normalized spacial score (nSPS) is 19.6. The van der Waals surface area contributed by atoms with Gasteiger partial charge in [0.1, 0.15) is 17.5 Å². The lowest BCUT2D eigenvalue weighted by Crippen LogP contribution is -2.45. The van der Waals surface area contributed by atoms with Crippen molar-refractivity contribution in [2.45, 2.75) is 37.2 Å². The summed E-state index contributed by atoms with van der Waals surface area (Å²) in [6.45, 7) is 0.514. The molecule has 11 heteroatoms. The fourth-order valence-corrected chi connectivity index (χ4v) is 4.93. The summed E-state index contributed by atoms with van der Waals surface area (Å²) in [5, 5.41) is 28.7. The summed E-state index contributed by atoms with van der Waals surface area (Å²) in [4.78, 5) is 16.9. The first-order valence-corrected chi connectivity index (χ1v) is 12.0. The first kappa shape index (κ1) is 24.4. The van der Waals surface area contributed by atoms with Gasteiger partial charge >= 0.3 is 5.97 Å². The Labute approximate surface area is 213 Å². The fraction of sp³-hybridized carbons (Fsp3) is 0.346. The van der Waals surface area contributed by atoms with Crippen LogP contribution in [0.4, 0.5) is 5.82 Å². The first-order valence-electron chi connectivity index (χ1n) is 12.0. The number of nitrogen functional groups attached to an aromatic ring is 1. The number of nitrogens with zero attached hydrogens (tertiary/aromatic N) is 6. The summed E-state index contributed by atoms with van der Waals surface area (Å²) in [6, 6.07) is 11.9. The van der Waals surface area contributed by atoms with Crippen molar-refractivity contribution in [1.29, 1.82) is 5.26 Å². The van der Waals surface area contributed by atoms with Crippen molar-refractivity contribution in [3.63, 3.8) is 0 Å². The molecule has 4 aromatic rings. The van der Waals surface area contributed by atoms with Crippen LogP contribution in [0.15, 0.2) is 48.9 Å². The van der Waals surface area contributed by atoms with Crippen molar-refractivity contribution in [2.24, 2.45) is 0 Å². The minimum Gasteiger partial charge on any atom is -0.479 e. The van der Waals surface area contributed by atoms with Crippen molar-refractivity contribution in [1.82, 2.24) is 24.4 Å². The van der Waals surface area contributed by atoms with E-state index >= 15 is 0 Å². The van der Waals surface area contributed by atoms with Crippen LogP contribution < -0.4 is 5.73 Å².